The van der Waals surface area contributed by atoms with Gasteiger partial charge >= 0.3 is 0 Å². The van der Waals surface area contributed by atoms with Gasteiger partial charge in [-0.1, -0.05) is 69.8 Å². The van der Waals surface area contributed by atoms with Gasteiger partial charge in [-0.2, -0.15) is 0 Å². The largest absolute Gasteiger partial charge is 0.395 e. The van der Waals surface area contributed by atoms with Gasteiger partial charge in [0.15, 0.2) is 0 Å². The van der Waals surface area contributed by atoms with E-state index in [0.29, 0.717) is 0 Å². The quantitative estimate of drug-likeness (QED) is 0.279. The van der Waals surface area contributed by atoms with Gasteiger partial charge in [-0.05, 0) is 45.1 Å². The van der Waals surface area contributed by atoms with Crippen molar-refractivity contribution in [2.45, 2.75) is 84.0 Å². The van der Waals surface area contributed by atoms with Crippen LogP contribution in [0.15, 0.2) is 24.3 Å². The number of hydrogen-bond donors (Lipinski definition) is 2. The maximum atomic E-state index is 8.63. The normalized spacial score (nSPS) is 11.9. The summed E-state index contributed by atoms with van der Waals surface area (Å²) in [6.45, 7) is 4.29. The maximum Gasteiger partial charge on any atom is 0.0555 e. The van der Waals surface area contributed by atoms with Crippen molar-refractivity contribution in [2.24, 2.45) is 0 Å². The summed E-state index contributed by atoms with van der Waals surface area (Å²) in [5, 5.41) is 11.8. The monoisotopic (exact) mass is 309 g/mol. The number of aliphatic hydroxyl groups excluding tert-OH is 1. The lowest BCUT2D eigenvalue weighted by Crippen LogP contribution is -2.19. The highest BCUT2D eigenvalue weighted by Gasteiger charge is 1.91. The fraction of sp³-hybridized carbons (Fsp3) is 0.800. The summed E-state index contributed by atoms with van der Waals surface area (Å²) in [5.74, 6) is 0. The highest BCUT2D eigenvalue weighted by atomic mass is 16.3. The second-order valence-electron chi connectivity index (χ2n) is 6.06. The van der Waals surface area contributed by atoms with Crippen LogP contribution < -0.4 is 5.32 Å². The Morgan fingerprint density at radius 2 is 1.27 bits per heavy atom. The zero-order valence-electron chi connectivity index (χ0n) is 14.9. The Kier molecular flexibility index (Phi) is 19.8. The van der Waals surface area contributed by atoms with E-state index in [9.17, 15) is 0 Å². The summed E-state index contributed by atoms with van der Waals surface area (Å²) in [6, 6.07) is 0. The Morgan fingerprint density at radius 1 is 0.682 bits per heavy atom. The zero-order valence-corrected chi connectivity index (χ0v) is 14.9. The molecule has 2 heteroatoms. The number of allylic oxidation sites excluding steroid dienone is 4. The van der Waals surface area contributed by atoms with Crippen molar-refractivity contribution in [3.05, 3.63) is 24.3 Å². The molecule has 0 heterocycles. The molecule has 0 atom stereocenters. The first-order chi connectivity index (χ1) is 10.9. The predicted octanol–water partition coefficient (Wildman–Crippen LogP) is 5.38. The fourth-order valence-electron chi connectivity index (χ4n) is 2.44. The summed E-state index contributed by atoms with van der Waals surface area (Å²) in [5.41, 5.74) is 0. The predicted molar refractivity (Wildman–Crippen MR) is 99.3 cm³/mol. The van der Waals surface area contributed by atoms with Crippen molar-refractivity contribution in [1.82, 2.24) is 5.32 Å². The highest BCUT2D eigenvalue weighted by molar-refractivity contribution is 4.92. The van der Waals surface area contributed by atoms with Crippen molar-refractivity contribution in [3.8, 4) is 0 Å². The molecular weight excluding hydrogens is 270 g/mol. The Hall–Kier alpha value is -0.600. The third-order valence-corrected chi connectivity index (χ3v) is 3.84. The number of hydrogen-bond acceptors (Lipinski definition) is 2. The molecule has 0 saturated carbocycles. The lowest BCUT2D eigenvalue weighted by Gasteiger charge is -2.02. The number of nitrogens with one attached hydrogen (secondary N) is 1. The molecule has 0 saturated heterocycles. The summed E-state index contributed by atoms with van der Waals surface area (Å²) in [4.78, 5) is 0. The molecule has 0 aromatic rings. The number of rotatable bonds is 17. The van der Waals surface area contributed by atoms with E-state index in [0.717, 1.165) is 19.5 Å². The van der Waals surface area contributed by atoms with Crippen LogP contribution in [0.1, 0.15) is 84.0 Å². The molecule has 2 N–H and O–H groups in total. The molecule has 0 spiro atoms. The summed E-state index contributed by atoms with van der Waals surface area (Å²) < 4.78 is 0. The molecule has 0 unspecified atom stereocenters. The van der Waals surface area contributed by atoms with Crippen LogP contribution in [0.3, 0.4) is 0 Å². The molecule has 0 aromatic heterocycles. The van der Waals surface area contributed by atoms with Crippen molar-refractivity contribution < 1.29 is 5.11 Å². The zero-order chi connectivity index (χ0) is 16.1. The standard InChI is InChI=1S/C20H39NO/c1-2-3-4-5-6-7-8-9-10-11-12-13-14-15-16-17-18-21-19-20-22/h6-7,9-10,21-22H,2-5,8,11-20H2,1H3/b7-6+,10-9+. The average Bonchev–Trinajstić information content (AvgIpc) is 2.54. The summed E-state index contributed by atoms with van der Waals surface area (Å²) in [6.07, 6.45) is 24.9. The van der Waals surface area contributed by atoms with Crippen LogP contribution >= 0.6 is 0 Å². The van der Waals surface area contributed by atoms with E-state index in [1.54, 1.807) is 0 Å². The van der Waals surface area contributed by atoms with E-state index in [1.807, 2.05) is 0 Å². The molecule has 0 bridgehead atoms. The number of aliphatic hydroxyl groups is 1. The molecule has 0 fully saturated rings. The summed E-state index contributed by atoms with van der Waals surface area (Å²) in [7, 11) is 0. The third-order valence-electron chi connectivity index (χ3n) is 3.84. The lowest BCUT2D eigenvalue weighted by molar-refractivity contribution is 0.292. The van der Waals surface area contributed by atoms with Crippen LogP contribution in [0.4, 0.5) is 0 Å². The van der Waals surface area contributed by atoms with Crippen molar-refractivity contribution in [2.75, 3.05) is 19.7 Å². The smallest absolute Gasteiger partial charge is 0.0555 e. The van der Waals surface area contributed by atoms with Gasteiger partial charge in [0, 0.05) is 6.54 Å². The Morgan fingerprint density at radius 3 is 1.91 bits per heavy atom. The van der Waals surface area contributed by atoms with Crippen LogP contribution in [0, 0.1) is 0 Å². The number of unbranched alkanes of at least 4 members (excludes halogenated alkanes) is 9. The van der Waals surface area contributed by atoms with Crippen LogP contribution in [-0.4, -0.2) is 24.8 Å². The van der Waals surface area contributed by atoms with Gasteiger partial charge < -0.3 is 10.4 Å². The van der Waals surface area contributed by atoms with Gasteiger partial charge in [-0.3, -0.25) is 0 Å². The van der Waals surface area contributed by atoms with Gasteiger partial charge in [0.05, 0.1) is 6.61 Å². The molecule has 130 valence electrons. The van der Waals surface area contributed by atoms with Crippen molar-refractivity contribution in [1.29, 1.82) is 0 Å². The van der Waals surface area contributed by atoms with Gasteiger partial charge in [-0.15, -0.1) is 0 Å². The molecule has 0 rings (SSSR count). The lowest BCUT2D eigenvalue weighted by atomic mass is 10.1. The first-order valence-corrected chi connectivity index (χ1v) is 9.53. The fourth-order valence-corrected chi connectivity index (χ4v) is 2.44. The van der Waals surface area contributed by atoms with Gasteiger partial charge in [-0.25, -0.2) is 0 Å². The minimum Gasteiger partial charge on any atom is -0.395 e. The Labute approximate surface area is 139 Å². The van der Waals surface area contributed by atoms with Gasteiger partial charge in [0.1, 0.15) is 0 Å². The molecule has 22 heavy (non-hydrogen) atoms. The van der Waals surface area contributed by atoms with E-state index in [1.165, 1.54) is 70.6 Å². The third kappa shape index (κ3) is 19.4. The van der Waals surface area contributed by atoms with E-state index < -0.39 is 0 Å². The van der Waals surface area contributed by atoms with Crippen LogP contribution in [0.25, 0.3) is 0 Å². The van der Waals surface area contributed by atoms with Gasteiger partial charge in [0.2, 0.25) is 0 Å². The van der Waals surface area contributed by atoms with Gasteiger partial charge in [0.25, 0.3) is 0 Å². The minimum atomic E-state index is 0.252. The van der Waals surface area contributed by atoms with Crippen LogP contribution in [-0.2, 0) is 0 Å². The molecule has 0 aliphatic heterocycles. The second-order valence-corrected chi connectivity index (χ2v) is 6.06. The summed E-state index contributed by atoms with van der Waals surface area (Å²) >= 11 is 0. The molecule has 0 radical (unpaired) electrons. The molecule has 0 aromatic carbocycles. The first-order valence-electron chi connectivity index (χ1n) is 9.53. The second kappa shape index (κ2) is 20.4. The molecular formula is C20H39NO. The SMILES string of the molecule is CCCCC/C=C/C/C=C/CCCCCCCCNCCO. The Bertz CT molecular complexity index is 248. The molecule has 0 amide bonds. The molecule has 0 aliphatic carbocycles. The Balaban J connectivity index is 3.11. The molecule has 0 aliphatic rings. The van der Waals surface area contributed by atoms with Crippen molar-refractivity contribution >= 4 is 0 Å². The minimum absolute atomic E-state index is 0.252. The van der Waals surface area contributed by atoms with E-state index >= 15 is 0 Å². The highest BCUT2D eigenvalue weighted by Crippen LogP contribution is 2.07. The average molecular weight is 310 g/mol. The first kappa shape index (κ1) is 21.4. The van der Waals surface area contributed by atoms with Crippen LogP contribution in [0.2, 0.25) is 0 Å². The topological polar surface area (TPSA) is 32.3 Å². The van der Waals surface area contributed by atoms with E-state index in [-0.39, 0.29) is 6.61 Å². The molecule has 2 nitrogen and oxygen atoms in total. The van der Waals surface area contributed by atoms with E-state index in [2.05, 4.69) is 36.5 Å². The van der Waals surface area contributed by atoms with E-state index in [4.69, 9.17) is 5.11 Å². The maximum absolute atomic E-state index is 8.63. The van der Waals surface area contributed by atoms with Crippen molar-refractivity contribution in [3.63, 3.8) is 0 Å². The van der Waals surface area contributed by atoms with Crippen LogP contribution in [0.5, 0.6) is 0 Å².